The minimum Gasteiger partial charge on any atom is -0.479 e. The van der Waals surface area contributed by atoms with Crippen LogP contribution in [-0.2, 0) is 4.79 Å². The van der Waals surface area contributed by atoms with Gasteiger partial charge in [-0.3, -0.25) is 0 Å². The molecule has 1 atom stereocenters. The van der Waals surface area contributed by atoms with Crippen LogP contribution in [0, 0.1) is 0 Å². The van der Waals surface area contributed by atoms with E-state index < -0.39 is 11.5 Å². The number of anilines is 1. The van der Waals surface area contributed by atoms with Crippen molar-refractivity contribution in [3.05, 3.63) is 28.7 Å². The Morgan fingerprint density at radius 1 is 1.59 bits per heavy atom. The second-order valence-corrected chi connectivity index (χ2v) is 5.43. The first kappa shape index (κ1) is 12.4. The van der Waals surface area contributed by atoms with E-state index in [0.29, 0.717) is 13.0 Å². The first-order valence-corrected chi connectivity index (χ1v) is 6.27. The molecule has 0 aliphatic carbocycles. The average Bonchev–Trinajstić information content (AvgIpc) is 2.61. The summed E-state index contributed by atoms with van der Waals surface area (Å²) in [7, 11) is 1.94. The molecule has 1 unspecified atom stereocenters. The number of nitrogens with one attached hydrogen (secondary N) is 1. The first-order chi connectivity index (χ1) is 8.02. The van der Waals surface area contributed by atoms with Crippen molar-refractivity contribution in [3.8, 4) is 0 Å². The number of aliphatic carboxylic acids is 1. The van der Waals surface area contributed by atoms with Gasteiger partial charge in [0.05, 0.1) is 0 Å². The van der Waals surface area contributed by atoms with Gasteiger partial charge in [0, 0.05) is 23.2 Å². The number of carboxylic acids is 1. The van der Waals surface area contributed by atoms with Crippen LogP contribution in [0.3, 0.4) is 0 Å². The average molecular weight is 299 g/mol. The molecule has 1 heterocycles. The van der Waals surface area contributed by atoms with Gasteiger partial charge in [0.2, 0.25) is 0 Å². The number of likely N-dealkylation sites (tertiary alicyclic amines) is 1. The fourth-order valence-corrected chi connectivity index (χ4v) is 2.57. The van der Waals surface area contributed by atoms with Crippen molar-refractivity contribution < 1.29 is 9.90 Å². The molecule has 17 heavy (non-hydrogen) atoms. The van der Waals surface area contributed by atoms with Crippen LogP contribution < -0.4 is 5.32 Å². The molecule has 5 heteroatoms. The number of carboxylic acid groups (broad SMARTS) is 1. The maximum absolute atomic E-state index is 11.5. The Bertz CT molecular complexity index is 438. The Labute approximate surface area is 109 Å². The number of hydrogen-bond acceptors (Lipinski definition) is 3. The van der Waals surface area contributed by atoms with Gasteiger partial charge in [0.15, 0.2) is 0 Å². The van der Waals surface area contributed by atoms with Crippen LogP contribution in [0.1, 0.15) is 6.42 Å². The molecule has 1 aliphatic rings. The van der Waals surface area contributed by atoms with Crippen LogP contribution in [0.25, 0.3) is 0 Å². The highest BCUT2D eigenvalue weighted by atomic mass is 79.9. The molecular formula is C12H15BrN2O2. The van der Waals surface area contributed by atoms with Crippen LogP contribution in [0.4, 0.5) is 5.69 Å². The maximum atomic E-state index is 11.5. The minimum atomic E-state index is -0.866. The first-order valence-electron chi connectivity index (χ1n) is 5.47. The predicted octanol–water partition coefficient (Wildman–Crippen LogP) is 2.02. The fraction of sp³-hybridized carbons (Fsp3) is 0.417. The van der Waals surface area contributed by atoms with E-state index in [-0.39, 0.29) is 0 Å². The molecule has 2 rings (SSSR count). The highest BCUT2D eigenvalue weighted by Gasteiger charge is 2.43. The summed E-state index contributed by atoms with van der Waals surface area (Å²) in [6.45, 7) is 1.32. The quantitative estimate of drug-likeness (QED) is 0.896. The lowest BCUT2D eigenvalue weighted by Crippen LogP contribution is -2.48. The van der Waals surface area contributed by atoms with E-state index in [4.69, 9.17) is 0 Å². The van der Waals surface area contributed by atoms with Gasteiger partial charge in [-0.1, -0.05) is 22.0 Å². The van der Waals surface area contributed by atoms with Gasteiger partial charge in [0.25, 0.3) is 0 Å². The SMILES string of the molecule is CN1CCC(Nc2cccc(Br)c2)(C(=O)O)C1. The summed E-state index contributed by atoms with van der Waals surface area (Å²) >= 11 is 3.38. The standard InChI is InChI=1S/C12H15BrN2O2/c1-15-6-5-12(8-15,11(16)17)14-10-4-2-3-9(13)7-10/h2-4,7,14H,5-6,8H2,1H3,(H,16,17). The monoisotopic (exact) mass is 298 g/mol. The van der Waals surface area contributed by atoms with Gasteiger partial charge in [0.1, 0.15) is 5.54 Å². The molecule has 2 N–H and O–H groups in total. The van der Waals surface area contributed by atoms with E-state index in [1.807, 2.05) is 36.2 Å². The lowest BCUT2D eigenvalue weighted by atomic mass is 9.98. The third kappa shape index (κ3) is 2.61. The smallest absolute Gasteiger partial charge is 0.330 e. The number of hydrogen-bond donors (Lipinski definition) is 2. The van der Waals surface area contributed by atoms with E-state index in [1.165, 1.54) is 0 Å². The van der Waals surface area contributed by atoms with Crippen LogP contribution in [0.2, 0.25) is 0 Å². The van der Waals surface area contributed by atoms with Crippen molar-refractivity contribution in [1.82, 2.24) is 4.90 Å². The van der Waals surface area contributed by atoms with Gasteiger partial charge in [-0.05, 0) is 31.7 Å². The van der Waals surface area contributed by atoms with E-state index >= 15 is 0 Å². The lowest BCUT2D eigenvalue weighted by molar-refractivity contribution is -0.141. The van der Waals surface area contributed by atoms with E-state index in [1.54, 1.807) is 0 Å². The summed E-state index contributed by atoms with van der Waals surface area (Å²) in [4.78, 5) is 13.5. The molecule has 0 saturated carbocycles. The molecule has 1 fully saturated rings. The van der Waals surface area contributed by atoms with Crippen LogP contribution in [-0.4, -0.2) is 41.7 Å². The molecule has 4 nitrogen and oxygen atoms in total. The number of carbonyl (C=O) groups is 1. The van der Waals surface area contributed by atoms with Gasteiger partial charge < -0.3 is 15.3 Å². The molecule has 1 saturated heterocycles. The zero-order chi connectivity index (χ0) is 12.5. The maximum Gasteiger partial charge on any atom is 0.330 e. The molecule has 0 bridgehead atoms. The van der Waals surface area contributed by atoms with Crippen LogP contribution in [0.5, 0.6) is 0 Å². The summed E-state index contributed by atoms with van der Waals surface area (Å²) in [5, 5.41) is 12.6. The van der Waals surface area contributed by atoms with Crippen molar-refractivity contribution >= 4 is 27.6 Å². The number of benzene rings is 1. The second kappa shape index (κ2) is 4.66. The number of halogens is 1. The normalized spacial score (nSPS) is 24.8. The molecule has 1 aromatic rings. The van der Waals surface area contributed by atoms with Gasteiger partial charge in [-0.25, -0.2) is 4.79 Å². The van der Waals surface area contributed by atoms with E-state index in [2.05, 4.69) is 21.2 Å². The van der Waals surface area contributed by atoms with Gasteiger partial charge in [-0.2, -0.15) is 0 Å². The minimum absolute atomic E-state index is 0.523. The van der Waals surface area contributed by atoms with Gasteiger partial charge >= 0.3 is 5.97 Å². The molecule has 1 aliphatic heterocycles. The summed E-state index contributed by atoms with van der Waals surface area (Å²) < 4.78 is 0.939. The fourth-order valence-electron chi connectivity index (χ4n) is 2.17. The lowest BCUT2D eigenvalue weighted by Gasteiger charge is -2.26. The zero-order valence-corrected chi connectivity index (χ0v) is 11.2. The number of likely N-dealkylation sites (N-methyl/N-ethyl adjacent to an activating group) is 1. The molecule has 1 aromatic carbocycles. The summed E-state index contributed by atoms with van der Waals surface area (Å²) in [6, 6.07) is 7.58. The third-order valence-corrected chi connectivity index (χ3v) is 3.57. The third-order valence-electron chi connectivity index (χ3n) is 3.08. The zero-order valence-electron chi connectivity index (χ0n) is 9.61. The van der Waals surface area contributed by atoms with Crippen molar-refractivity contribution in [2.75, 3.05) is 25.5 Å². The molecule has 0 radical (unpaired) electrons. The summed E-state index contributed by atoms with van der Waals surface area (Å²) in [5.41, 5.74) is -0.0349. The topological polar surface area (TPSA) is 52.6 Å². The predicted molar refractivity (Wildman–Crippen MR) is 70.2 cm³/mol. The Hall–Kier alpha value is -1.07. The van der Waals surface area contributed by atoms with E-state index in [0.717, 1.165) is 16.7 Å². The van der Waals surface area contributed by atoms with Crippen molar-refractivity contribution in [2.45, 2.75) is 12.0 Å². The Morgan fingerprint density at radius 2 is 2.35 bits per heavy atom. The Kier molecular flexibility index (Phi) is 3.40. The Balaban J connectivity index is 2.22. The largest absolute Gasteiger partial charge is 0.479 e. The van der Waals surface area contributed by atoms with Gasteiger partial charge in [-0.15, -0.1) is 0 Å². The highest BCUT2D eigenvalue weighted by molar-refractivity contribution is 9.10. The second-order valence-electron chi connectivity index (χ2n) is 4.51. The molecule has 0 amide bonds. The van der Waals surface area contributed by atoms with Crippen molar-refractivity contribution in [2.24, 2.45) is 0 Å². The van der Waals surface area contributed by atoms with E-state index in [9.17, 15) is 9.90 Å². The summed E-state index contributed by atoms with van der Waals surface area (Å²) in [5.74, 6) is -0.790. The molecular weight excluding hydrogens is 284 g/mol. The molecule has 0 spiro atoms. The molecule has 92 valence electrons. The number of nitrogens with zero attached hydrogens (tertiary/aromatic N) is 1. The van der Waals surface area contributed by atoms with Crippen LogP contribution in [0.15, 0.2) is 28.7 Å². The van der Waals surface area contributed by atoms with Crippen LogP contribution >= 0.6 is 15.9 Å². The Morgan fingerprint density at radius 3 is 2.88 bits per heavy atom. The number of rotatable bonds is 3. The summed E-state index contributed by atoms with van der Waals surface area (Å²) in [6.07, 6.45) is 0.616. The van der Waals surface area contributed by atoms with Crippen molar-refractivity contribution in [3.63, 3.8) is 0 Å². The van der Waals surface area contributed by atoms with Crippen molar-refractivity contribution in [1.29, 1.82) is 0 Å². The highest BCUT2D eigenvalue weighted by Crippen LogP contribution is 2.27. The molecule has 0 aromatic heterocycles.